The zero-order valence-corrected chi connectivity index (χ0v) is 19.7. The lowest BCUT2D eigenvalue weighted by Gasteiger charge is -2.31. The lowest BCUT2D eigenvalue weighted by Crippen LogP contribution is -2.51. The van der Waals surface area contributed by atoms with E-state index in [-0.39, 0.29) is 48.4 Å². The number of likely N-dealkylation sites (tertiary alicyclic amines) is 1. The van der Waals surface area contributed by atoms with Gasteiger partial charge in [-0.2, -0.15) is 0 Å². The Morgan fingerprint density at radius 2 is 1.70 bits per heavy atom. The Bertz CT molecular complexity index is 857. The summed E-state index contributed by atoms with van der Waals surface area (Å²) in [6.45, 7) is 4.90. The molecule has 0 radical (unpaired) electrons. The van der Waals surface area contributed by atoms with Gasteiger partial charge in [0.1, 0.15) is 6.04 Å². The molecule has 0 aromatic heterocycles. The molecule has 1 N–H and O–H groups in total. The molecule has 3 rings (SSSR count). The number of rotatable bonds is 11. The number of carbonyl (C=O) groups excluding carboxylic acids is 4. The van der Waals surface area contributed by atoms with Crippen LogP contribution in [0.1, 0.15) is 51.5 Å². The van der Waals surface area contributed by atoms with Crippen LogP contribution in [0.25, 0.3) is 0 Å². The van der Waals surface area contributed by atoms with Crippen LogP contribution >= 0.6 is 0 Å². The first-order valence-corrected chi connectivity index (χ1v) is 12.1. The van der Waals surface area contributed by atoms with Crippen LogP contribution < -0.4 is 5.32 Å². The van der Waals surface area contributed by atoms with Crippen LogP contribution in [0.3, 0.4) is 0 Å². The van der Waals surface area contributed by atoms with Gasteiger partial charge in [0.15, 0.2) is 0 Å². The summed E-state index contributed by atoms with van der Waals surface area (Å²) in [6.07, 6.45) is 7.03. The van der Waals surface area contributed by atoms with Gasteiger partial charge >= 0.3 is 0 Å². The fourth-order valence-corrected chi connectivity index (χ4v) is 4.70. The number of hydrogen-bond acceptors (Lipinski definition) is 4. The van der Waals surface area contributed by atoms with Crippen molar-refractivity contribution in [2.24, 2.45) is 11.8 Å². The van der Waals surface area contributed by atoms with Crippen molar-refractivity contribution in [1.29, 1.82) is 0 Å². The molecule has 1 aromatic carbocycles. The predicted octanol–water partition coefficient (Wildman–Crippen LogP) is 2.70. The normalized spacial score (nSPS) is 20.5. The number of allylic oxidation sites excluding steroid dienone is 2. The number of hydrogen-bond donors (Lipinski definition) is 1. The van der Waals surface area contributed by atoms with Crippen molar-refractivity contribution >= 4 is 23.6 Å². The third-order valence-electron chi connectivity index (χ3n) is 6.57. The standard InChI is InChI=1S/C26H35N3O4/c1-3-16-27-24(31)22(4-2)28(17-14-19-10-6-5-7-11-19)23(30)15-18-29-25(32)20-12-8-9-13-21(20)26(29)33/h5-11,20-22H,3-4,12-18H2,1-2H3,(H,27,31)/t20-,21+,22?. The molecule has 3 atom stereocenters. The first-order valence-electron chi connectivity index (χ1n) is 12.1. The highest BCUT2D eigenvalue weighted by atomic mass is 16.2. The van der Waals surface area contributed by atoms with Crippen molar-refractivity contribution in [3.63, 3.8) is 0 Å². The fourth-order valence-electron chi connectivity index (χ4n) is 4.70. The Balaban J connectivity index is 1.69. The van der Waals surface area contributed by atoms with Gasteiger partial charge in [-0.1, -0.05) is 56.3 Å². The van der Waals surface area contributed by atoms with Gasteiger partial charge in [0.25, 0.3) is 0 Å². The van der Waals surface area contributed by atoms with Crippen molar-refractivity contribution in [3.05, 3.63) is 48.0 Å². The maximum Gasteiger partial charge on any atom is 0.242 e. The number of benzene rings is 1. The van der Waals surface area contributed by atoms with Gasteiger partial charge in [-0.25, -0.2) is 0 Å². The van der Waals surface area contributed by atoms with E-state index < -0.39 is 6.04 Å². The molecule has 0 bridgehead atoms. The summed E-state index contributed by atoms with van der Waals surface area (Å²) in [5.74, 6) is -1.31. The van der Waals surface area contributed by atoms with E-state index >= 15 is 0 Å². The molecule has 0 saturated carbocycles. The van der Waals surface area contributed by atoms with Crippen molar-refractivity contribution in [2.45, 2.75) is 58.4 Å². The summed E-state index contributed by atoms with van der Waals surface area (Å²) in [7, 11) is 0. The Morgan fingerprint density at radius 3 is 2.27 bits per heavy atom. The molecule has 0 spiro atoms. The third-order valence-corrected chi connectivity index (χ3v) is 6.57. The van der Waals surface area contributed by atoms with Crippen LogP contribution in [0.4, 0.5) is 0 Å². The number of nitrogens with one attached hydrogen (secondary N) is 1. The van der Waals surface area contributed by atoms with Gasteiger partial charge in [0.05, 0.1) is 11.8 Å². The van der Waals surface area contributed by atoms with E-state index in [1.54, 1.807) is 4.90 Å². The minimum Gasteiger partial charge on any atom is -0.354 e. The fraction of sp³-hybridized carbons (Fsp3) is 0.538. The van der Waals surface area contributed by atoms with Crippen molar-refractivity contribution in [3.8, 4) is 0 Å². The average Bonchev–Trinajstić information content (AvgIpc) is 3.08. The van der Waals surface area contributed by atoms with Crippen LogP contribution in [0.15, 0.2) is 42.5 Å². The molecule has 1 unspecified atom stereocenters. The van der Waals surface area contributed by atoms with E-state index in [1.165, 1.54) is 4.90 Å². The quantitative estimate of drug-likeness (QED) is 0.412. The monoisotopic (exact) mass is 453 g/mol. The second-order valence-corrected chi connectivity index (χ2v) is 8.77. The van der Waals surface area contributed by atoms with Crippen LogP contribution in [0.5, 0.6) is 0 Å². The zero-order chi connectivity index (χ0) is 23.8. The number of fused-ring (bicyclic) bond motifs is 1. The van der Waals surface area contributed by atoms with E-state index in [9.17, 15) is 19.2 Å². The van der Waals surface area contributed by atoms with Crippen molar-refractivity contribution in [2.75, 3.05) is 19.6 Å². The molecule has 1 heterocycles. The summed E-state index contributed by atoms with van der Waals surface area (Å²) in [5, 5.41) is 2.90. The molecule has 178 valence electrons. The molecular weight excluding hydrogens is 418 g/mol. The zero-order valence-electron chi connectivity index (χ0n) is 19.7. The van der Waals surface area contributed by atoms with Crippen LogP contribution in [-0.2, 0) is 25.6 Å². The highest BCUT2D eigenvalue weighted by Gasteiger charge is 2.47. The predicted molar refractivity (Wildman–Crippen MR) is 126 cm³/mol. The molecular formula is C26H35N3O4. The van der Waals surface area contributed by atoms with E-state index in [0.717, 1.165) is 12.0 Å². The highest BCUT2D eigenvalue weighted by molar-refractivity contribution is 6.05. The van der Waals surface area contributed by atoms with E-state index in [2.05, 4.69) is 5.32 Å². The van der Waals surface area contributed by atoms with Crippen molar-refractivity contribution < 1.29 is 19.2 Å². The third kappa shape index (κ3) is 5.89. The second-order valence-electron chi connectivity index (χ2n) is 8.77. The maximum atomic E-state index is 13.3. The summed E-state index contributed by atoms with van der Waals surface area (Å²) in [5.41, 5.74) is 1.08. The summed E-state index contributed by atoms with van der Waals surface area (Å²) >= 11 is 0. The minimum atomic E-state index is -0.579. The number of imide groups is 1. The molecule has 7 nitrogen and oxygen atoms in total. The Morgan fingerprint density at radius 1 is 1.06 bits per heavy atom. The molecule has 1 fully saturated rings. The van der Waals surface area contributed by atoms with E-state index in [4.69, 9.17) is 0 Å². The molecule has 7 heteroatoms. The minimum absolute atomic E-state index is 0.0245. The SMILES string of the molecule is CCCNC(=O)C(CC)N(CCc1ccccc1)C(=O)CCN1C(=O)[C@H]2CC=CC[C@H]2C1=O. The van der Waals surface area contributed by atoms with E-state index in [0.29, 0.717) is 38.8 Å². The number of carbonyl (C=O) groups is 4. The molecule has 1 aliphatic carbocycles. The Kier molecular flexibility index (Phi) is 8.80. The van der Waals surface area contributed by atoms with Crippen LogP contribution in [-0.4, -0.2) is 59.1 Å². The molecule has 4 amide bonds. The van der Waals surface area contributed by atoms with Crippen LogP contribution in [0.2, 0.25) is 0 Å². The number of nitrogens with zero attached hydrogens (tertiary/aromatic N) is 2. The molecule has 33 heavy (non-hydrogen) atoms. The van der Waals surface area contributed by atoms with Gasteiger partial charge in [0, 0.05) is 26.1 Å². The smallest absolute Gasteiger partial charge is 0.242 e. The molecule has 1 aromatic rings. The molecule has 1 saturated heterocycles. The van der Waals surface area contributed by atoms with Gasteiger partial charge < -0.3 is 10.2 Å². The topological polar surface area (TPSA) is 86.8 Å². The highest BCUT2D eigenvalue weighted by Crippen LogP contribution is 2.35. The van der Waals surface area contributed by atoms with Gasteiger partial charge in [-0.05, 0) is 37.7 Å². The largest absolute Gasteiger partial charge is 0.354 e. The van der Waals surface area contributed by atoms with Gasteiger partial charge in [-0.15, -0.1) is 0 Å². The maximum absolute atomic E-state index is 13.3. The average molecular weight is 454 g/mol. The first kappa shape index (κ1) is 24.7. The first-order chi connectivity index (χ1) is 16.0. The van der Waals surface area contributed by atoms with E-state index in [1.807, 2.05) is 56.3 Å². The second kappa shape index (κ2) is 11.8. The molecule has 1 aliphatic heterocycles. The van der Waals surface area contributed by atoms with Crippen LogP contribution in [0, 0.1) is 11.8 Å². The van der Waals surface area contributed by atoms with Crippen molar-refractivity contribution in [1.82, 2.24) is 15.1 Å². The van der Waals surface area contributed by atoms with Gasteiger partial charge in [-0.3, -0.25) is 24.1 Å². The Labute approximate surface area is 196 Å². The lowest BCUT2D eigenvalue weighted by atomic mass is 9.85. The summed E-state index contributed by atoms with van der Waals surface area (Å²) in [6, 6.07) is 9.26. The Hall–Kier alpha value is -2.96. The summed E-state index contributed by atoms with van der Waals surface area (Å²) < 4.78 is 0. The molecule has 2 aliphatic rings. The van der Waals surface area contributed by atoms with Gasteiger partial charge in [0.2, 0.25) is 23.6 Å². The summed E-state index contributed by atoms with van der Waals surface area (Å²) in [4.78, 5) is 54.5. The number of amides is 4. The lowest BCUT2D eigenvalue weighted by molar-refractivity contribution is -0.143.